The molecule has 1 aromatic carbocycles. The summed E-state index contributed by atoms with van der Waals surface area (Å²) < 4.78 is 14.9. The van der Waals surface area contributed by atoms with E-state index in [1.807, 2.05) is 0 Å². The van der Waals surface area contributed by atoms with Crippen molar-refractivity contribution in [1.29, 1.82) is 0 Å². The predicted octanol–water partition coefficient (Wildman–Crippen LogP) is 1.12. The van der Waals surface area contributed by atoms with Crippen molar-refractivity contribution < 1.29 is 9.50 Å². The minimum Gasteiger partial charge on any atom is -0.389 e. The Balaban J connectivity index is 2.54. The van der Waals surface area contributed by atoms with Gasteiger partial charge in [-0.3, -0.25) is 19.4 Å². The second kappa shape index (κ2) is 5.82. The fourth-order valence-corrected chi connectivity index (χ4v) is 2.83. The Hall–Kier alpha value is -1.93. The van der Waals surface area contributed by atoms with E-state index in [1.54, 1.807) is 13.0 Å². The first-order valence-electron chi connectivity index (χ1n) is 6.13. The van der Waals surface area contributed by atoms with E-state index < -0.39 is 23.0 Å². The molecule has 0 fully saturated rings. The van der Waals surface area contributed by atoms with Crippen molar-refractivity contribution in [3.63, 3.8) is 0 Å². The molecule has 112 valence electrons. The summed E-state index contributed by atoms with van der Waals surface area (Å²) in [4.78, 5) is 26.7. The van der Waals surface area contributed by atoms with E-state index in [4.69, 9.17) is 0 Å². The van der Waals surface area contributed by atoms with Crippen molar-refractivity contribution in [3.05, 3.63) is 49.8 Å². The second-order valence-electron chi connectivity index (χ2n) is 4.62. The molecule has 0 bridgehead atoms. The van der Waals surface area contributed by atoms with Crippen LogP contribution in [-0.4, -0.2) is 19.9 Å². The summed E-state index contributed by atoms with van der Waals surface area (Å²) in [6.45, 7) is 3.12. The number of aromatic amines is 1. The Morgan fingerprint density at radius 1 is 1.43 bits per heavy atom. The fourth-order valence-electron chi connectivity index (χ4n) is 1.74. The molecule has 21 heavy (non-hydrogen) atoms. The number of halogens is 1. The second-order valence-corrected chi connectivity index (χ2v) is 5.63. The Bertz CT molecular complexity index is 798. The maximum Gasteiger partial charge on any atom is 0.339 e. The van der Waals surface area contributed by atoms with Gasteiger partial charge in [-0.15, -0.1) is 0 Å². The summed E-state index contributed by atoms with van der Waals surface area (Å²) >= 11 is 1.07. The molecule has 0 aliphatic heterocycles. The van der Waals surface area contributed by atoms with Crippen molar-refractivity contribution in [3.8, 4) is 0 Å². The zero-order valence-corrected chi connectivity index (χ0v) is 12.5. The van der Waals surface area contributed by atoms with Crippen LogP contribution in [0.1, 0.15) is 24.2 Å². The van der Waals surface area contributed by atoms with E-state index in [1.165, 1.54) is 24.7 Å². The molecule has 0 saturated heterocycles. The molecule has 2 rings (SSSR count). The monoisotopic (exact) mass is 311 g/mol. The van der Waals surface area contributed by atoms with Crippen LogP contribution >= 0.6 is 11.8 Å². The van der Waals surface area contributed by atoms with E-state index in [9.17, 15) is 19.1 Å². The van der Waals surface area contributed by atoms with Crippen molar-refractivity contribution in [1.82, 2.24) is 14.8 Å². The Morgan fingerprint density at radius 3 is 2.71 bits per heavy atom. The van der Waals surface area contributed by atoms with Gasteiger partial charge in [-0.2, -0.15) is 4.98 Å². The summed E-state index contributed by atoms with van der Waals surface area (Å²) in [7, 11) is 1.54. The van der Waals surface area contributed by atoms with E-state index in [0.29, 0.717) is 16.0 Å². The van der Waals surface area contributed by atoms with E-state index >= 15 is 0 Å². The van der Waals surface area contributed by atoms with Gasteiger partial charge < -0.3 is 5.11 Å². The van der Waals surface area contributed by atoms with E-state index in [0.717, 1.165) is 11.8 Å². The zero-order valence-electron chi connectivity index (χ0n) is 11.7. The number of aliphatic hydroxyl groups excluding tert-OH is 1. The summed E-state index contributed by atoms with van der Waals surface area (Å²) in [5.41, 5.74) is -0.902. The summed E-state index contributed by atoms with van der Waals surface area (Å²) in [5, 5.41) is 12.3. The summed E-state index contributed by atoms with van der Waals surface area (Å²) in [5.74, 6) is -0.418. The first kappa shape index (κ1) is 15.5. The number of H-pyrrole nitrogens is 1. The van der Waals surface area contributed by atoms with Crippen LogP contribution < -0.4 is 11.1 Å². The van der Waals surface area contributed by atoms with Crippen LogP contribution in [-0.2, 0) is 7.05 Å². The number of benzene rings is 1. The van der Waals surface area contributed by atoms with Crippen LogP contribution in [0.4, 0.5) is 4.39 Å². The van der Waals surface area contributed by atoms with Gasteiger partial charge in [0.25, 0.3) is 0 Å². The highest BCUT2D eigenvalue weighted by atomic mass is 32.2. The number of aryl methyl sites for hydroxylation is 2. The fraction of sp³-hybridized carbons (Fsp3) is 0.308. The van der Waals surface area contributed by atoms with Gasteiger partial charge in [0.15, 0.2) is 5.16 Å². The highest BCUT2D eigenvalue weighted by molar-refractivity contribution is 7.99. The van der Waals surface area contributed by atoms with Crippen LogP contribution in [0.25, 0.3) is 0 Å². The number of aliphatic hydroxyl groups is 1. The number of nitrogens with one attached hydrogen (secondary N) is 1. The first-order valence-corrected chi connectivity index (χ1v) is 6.94. The van der Waals surface area contributed by atoms with Gasteiger partial charge >= 0.3 is 11.1 Å². The Morgan fingerprint density at radius 2 is 2.10 bits per heavy atom. The molecule has 8 heteroatoms. The molecule has 0 radical (unpaired) electrons. The van der Waals surface area contributed by atoms with Gasteiger partial charge in [0, 0.05) is 11.9 Å². The Kier molecular flexibility index (Phi) is 4.29. The number of nitrogens with zero attached hydrogens (tertiary/aromatic N) is 2. The minimum absolute atomic E-state index is 0.243. The third-order valence-corrected chi connectivity index (χ3v) is 4.01. The molecule has 0 aliphatic rings. The molecule has 6 nitrogen and oxygen atoms in total. The number of hydrogen-bond acceptors (Lipinski definition) is 5. The normalized spacial score (nSPS) is 12.4. The molecule has 0 unspecified atom stereocenters. The topological polar surface area (TPSA) is 88.0 Å². The van der Waals surface area contributed by atoms with Gasteiger partial charge in [0.2, 0.25) is 0 Å². The lowest BCUT2D eigenvalue weighted by molar-refractivity contribution is 0.196. The average molecular weight is 311 g/mol. The molecule has 1 heterocycles. The van der Waals surface area contributed by atoms with Gasteiger partial charge in [-0.25, -0.2) is 4.39 Å². The predicted molar refractivity (Wildman–Crippen MR) is 76.0 cm³/mol. The van der Waals surface area contributed by atoms with Crippen LogP contribution in [0.5, 0.6) is 0 Å². The lowest BCUT2D eigenvalue weighted by atomic mass is 10.1. The molecule has 0 spiro atoms. The summed E-state index contributed by atoms with van der Waals surface area (Å²) in [6.07, 6.45) is -0.873. The van der Waals surface area contributed by atoms with Crippen LogP contribution in [0, 0.1) is 12.7 Å². The molecule has 2 N–H and O–H groups in total. The third kappa shape index (κ3) is 3.22. The zero-order chi connectivity index (χ0) is 15.7. The molecule has 2 aromatic rings. The quantitative estimate of drug-likeness (QED) is 0.829. The smallest absolute Gasteiger partial charge is 0.339 e. The molecule has 1 aromatic heterocycles. The van der Waals surface area contributed by atoms with Crippen molar-refractivity contribution in [2.24, 2.45) is 7.05 Å². The van der Waals surface area contributed by atoms with Gasteiger partial charge in [0.1, 0.15) is 5.82 Å². The average Bonchev–Trinajstić information content (AvgIpc) is 2.39. The van der Waals surface area contributed by atoms with Crippen molar-refractivity contribution in [2.75, 3.05) is 0 Å². The van der Waals surface area contributed by atoms with Gasteiger partial charge in [-0.1, -0.05) is 0 Å². The van der Waals surface area contributed by atoms with Crippen LogP contribution in [0.3, 0.4) is 0 Å². The van der Waals surface area contributed by atoms with E-state index in [-0.39, 0.29) is 5.16 Å². The van der Waals surface area contributed by atoms with Gasteiger partial charge in [-0.05, 0) is 48.9 Å². The highest BCUT2D eigenvalue weighted by Crippen LogP contribution is 2.33. The SMILES string of the molecule is Cc1cc(Sc2nc(=O)c(=O)[nH]n2C)c([C@@H](C)O)cc1F. The maximum atomic E-state index is 13.6. The molecule has 0 amide bonds. The molecule has 0 saturated carbocycles. The summed E-state index contributed by atoms with van der Waals surface area (Å²) in [6, 6.07) is 2.82. The maximum absolute atomic E-state index is 13.6. The third-order valence-electron chi connectivity index (χ3n) is 2.89. The first-order chi connectivity index (χ1) is 9.79. The van der Waals surface area contributed by atoms with Gasteiger partial charge in [0.05, 0.1) is 6.10 Å². The number of aromatic nitrogens is 3. The standard InChI is InChI=1S/C13H14FN3O3S/c1-6-4-10(8(7(2)18)5-9(6)14)21-13-15-11(19)12(20)16-17(13)3/h4-5,7,18H,1-3H3,(H,16,20)/t7-/m1/s1. The van der Waals surface area contributed by atoms with E-state index in [2.05, 4.69) is 10.1 Å². The molecule has 0 aliphatic carbocycles. The number of hydrogen-bond donors (Lipinski definition) is 2. The highest BCUT2D eigenvalue weighted by Gasteiger charge is 2.15. The minimum atomic E-state index is -0.895. The van der Waals surface area contributed by atoms with Crippen LogP contribution in [0.15, 0.2) is 31.8 Å². The van der Waals surface area contributed by atoms with Crippen molar-refractivity contribution in [2.45, 2.75) is 30.0 Å². The lowest BCUT2D eigenvalue weighted by Gasteiger charge is -2.14. The molecular formula is C13H14FN3O3S. The van der Waals surface area contributed by atoms with Crippen LogP contribution in [0.2, 0.25) is 0 Å². The Labute approximate surface area is 123 Å². The van der Waals surface area contributed by atoms with Crippen molar-refractivity contribution >= 4 is 11.8 Å². The molecular weight excluding hydrogens is 297 g/mol. The molecule has 1 atom stereocenters. The number of rotatable bonds is 3. The lowest BCUT2D eigenvalue weighted by Crippen LogP contribution is -2.33. The largest absolute Gasteiger partial charge is 0.389 e.